The molecule has 2 aromatic heterocycles. The second-order valence-corrected chi connectivity index (χ2v) is 7.42. The van der Waals surface area contributed by atoms with Crippen LogP contribution in [0.5, 0.6) is 0 Å². The fraction of sp³-hybridized carbons (Fsp3) is 0.278. The molecular formula is C18H17N3O2S. The SMILES string of the molecule is Cc1cc2c(=O)[nH]c([C@H]3CC(=O)N(Cc4ccccc4)C3)nc2s1. The van der Waals surface area contributed by atoms with E-state index in [4.69, 9.17) is 0 Å². The molecule has 122 valence electrons. The first-order valence-corrected chi connectivity index (χ1v) is 8.74. The summed E-state index contributed by atoms with van der Waals surface area (Å²) >= 11 is 1.51. The zero-order valence-corrected chi connectivity index (χ0v) is 14.1. The molecule has 1 fully saturated rings. The van der Waals surface area contributed by atoms with Crippen LogP contribution in [0.2, 0.25) is 0 Å². The standard InChI is InChI=1S/C18H17N3O2S/c1-11-7-14-17(23)19-16(20-18(14)24-11)13-8-15(22)21(10-13)9-12-5-3-2-4-6-12/h2-7,13H,8-10H2,1H3,(H,19,20,23)/t13-/m0/s1. The number of nitrogens with zero attached hydrogens (tertiary/aromatic N) is 2. The molecule has 4 rings (SSSR count). The molecule has 5 nitrogen and oxygen atoms in total. The Morgan fingerprint density at radius 2 is 2.08 bits per heavy atom. The summed E-state index contributed by atoms with van der Waals surface area (Å²) in [6, 6.07) is 11.8. The van der Waals surface area contributed by atoms with E-state index in [-0.39, 0.29) is 17.4 Å². The minimum Gasteiger partial charge on any atom is -0.338 e. The maximum atomic E-state index is 12.3. The van der Waals surface area contributed by atoms with Gasteiger partial charge < -0.3 is 9.88 Å². The Morgan fingerprint density at radius 1 is 1.29 bits per heavy atom. The topological polar surface area (TPSA) is 66.1 Å². The molecule has 0 spiro atoms. The molecule has 1 aromatic carbocycles. The highest BCUT2D eigenvalue weighted by molar-refractivity contribution is 7.18. The zero-order valence-electron chi connectivity index (χ0n) is 13.3. The molecule has 3 aromatic rings. The quantitative estimate of drug-likeness (QED) is 0.798. The van der Waals surface area contributed by atoms with Crippen molar-refractivity contribution in [3.05, 3.63) is 63.0 Å². The van der Waals surface area contributed by atoms with Gasteiger partial charge in [0.1, 0.15) is 10.7 Å². The molecule has 3 heterocycles. The molecule has 0 radical (unpaired) electrons. The summed E-state index contributed by atoms with van der Waals surface area (Å²) in [6.07, 6.45) is 0.394. The summed E-state index contributed by atoms with van der Waals surface area (Å²) < 4.78 is 0. The maximum Gasteiger partial charge on any atom is 0.259 e. The molecule has 6 heteroatoms. The van der Waals surface area contributed by atoms with E-state index in [0.717, 1.165) is 15.3 Å². The highest BCUT2D eigenvalue weighted by atomic mass is 32.1. The van der Waals surface area contributed by atoms with Crippen molar-refractivity contribution in [3.63, 3.8) is 0 Å². The number of H-pyrrole nitrogens is 1. The Balaban J connectivity index is 1.59. The van der Waals surface area contributed by atoms with Crippen LogP contribution in [0.25, 0.3) is 10.2 Å². The van der Waals surface area contributed by atoms with E-state index in [9.17, 15) is 9.59 Å². The van der Waals surface area contributed by atoms with Crippen LogP contribution in [-0.2, 0) is 11.3 Å². The lowest BCUT2D eigenvalue weighted by atomic mass is 10.1. The van der Waals surface area contributed by atoms with Gasteiger partial charge in [0.15, 0.2) is 0 Å². The molecule has 0 unspecified atom stereocenters. The first-order valence-electron chi connectivity index (χ1n) is 7.92. The van der Waals surface area contributed by atoms with Gasteiger partial charge in [0.2, 0.25) is 5.91 Å². The van der Waals surface area contributed by atoms with Crippen LogP contribution in [-0.4, -0.2) is 27.3 Å². The number of aromatic amines is 1. The highest BCUT2D eigenvalue weighted by Gasteiger charge is 2.32. The van der Waals surface area contributed by atoms with Crippen LogP contribution in [0.1, 0.15) is 28.6 Å². The molecule has 1 atom stereocenters. The average Bonchev–Trinajstić information content (AvgIpc) is 3.11. The Bertz CT molecular complexity index is 961. The van der Waals surface area contributed by atoms with Gasteiger partial charge in [0, 0.05) is 30.3 Å². The number of aromatic nitrogens is 2. The van der Waals surface area contributed by atoms with Gasteiger partial charge in [0.05, 0.1) is 5.39 Å². The number of rotatable bonds is 3. The van der Waals surface area contributed by atoms with E-state index in [1.807, 2.05) is 48.2 Å². The average molecular weight is 339 g/mol. The van der Waals surface area contributed by atoms with Crippen molar-refractivity contribution in [3.8, 4) is 0 Å². The molecule has 1 saturated heterocycles. The van der Waals surface area contributed by atoms with E-state index in [0.29, 0.717) is 30.7 Å². The molecule has 1 N–H and O–H groups in total. The van der Waals surface area contributed by atoms with Crippen molar-refractivity contribution < 1.29 is 4.79 Å². The number of nitrogens with one attached hydrogen (secondary N) is 1. The van der Waals surface area contributed by atoms with Crippen LogP contribution < -0.4 is 5.56 Å². The van der Waals surface area contributed by atoms with Gasteiger partial charge in [-0.05, 0) is 18.6 Å². The first-order chi connectivity index (χ1) is 11.6. The molecule has 1 aliphatic heterocycles. The van der Waals surface area contributed by atoms with E-state index in [1.54, 1.807) is 0 Å². The normalized spacial score (nSPS) is 17.8. The van der Waals surface area contributed by atoms with E-state index in [1.165, 1.54) is 11.3 Å². The lowest BCUT2D eigenvalue weighted by Gasteiger charge is -2.16. The molecule has 1 amide bonds. The lowest BCUT2D eigenvalue weighted by Crippen LogP contribution is -2.24. The molecule has 24 heavy (non-hydrogen) atoms. The van der Waals surface area contributed by atoms with Crippen molar-refractivity contribution in [2.24, 2.45) is 0 Å². The van der Waals surface area contributed by atoms with Gasteiger partial charge in [-0.2, -0.15) is 0 Å². The largest absolute Gasteiger partial charge is 0.338 e. The van der Waals surface area contributed by atoms with Crippen molar-refractivity contribution in [2.45, 2.75) is 25.8 Å². The molecule has 1 aliphatic rings. The number of fused-ring (bicyclic) bond motifs is 1. The minimum atomic E-state index is -0.117. The smallest absolute Gasteiger partial charge is 0.259 e. The fourth-order valence-electron chi connectivity index (χ4n) is 3.17. The summed E-state index contributed by atoms with van der Waals surface area (Å²) in [6.45, 7) is 3.15. The highest BCUT2D eigenvalue weighted by Crippen LogP contribution is 2.28. The van der Waals surface area contributed by atoms with Crippen LogP contribution >= 0.6 is 11.3 Å². The molecule has 0 aliphatic carbocycles. The summed E-state index contributed by atoms with van der Waals surface area (Å²) in [5.74, 6) is 0.674. The number of thiophene rings is 1. The van der Waals surface area contributed by atoms with Crippen LogP contribution in [0.3, 0.4) is 0 Å². The fourth-order valence-corrected chi connectivity index (χ4v) is 4.06. The first kappa shape index (κ1) is 15.1. The van der Waals surface area contributed by atoms with Gasteiger partial charge in [-0.25, -0.2) is 4.98 Å². The second kappa shape index (κ2) is 5.87. The van der Waals surface area contributed by atoms with Crippen LogP contribution in [0.4, 0.5) is 0 Å². The monoisotopic (exact) mass is 339 g/mol. The third-order valence-electron chi connectivity index (χ3n) is 4.36. The lowest BCUT2D eigenvalue weighted by molar-refractivity contribution is -0.128. The Labute approximate surface area is 143 Å². The number of carbonyl (C=O) groups is 1. The number of aryl methyl sites for hydroxylation is 1. The predicted octanol–water partition coefficient (Wildman–Crippen LogP) is 2.81. The number of carbonyl (C=O) groups excluding carboxylic acids is 1. The van der Waals surface area contributed by atoms with Crippen LogP contribution in [0, 0.1) is 6.92 Å². The minimum absolute atomic E-state index is 0.0549. The molecular weight excluding hydrogens is 322 g/mol. The maximum absolute atomic E-state index is 12.3. The number of benzene rings is 1. The van der Waals surface area contributed by atoms with Crippen molar-refractivity contribution in [1.29, 1.82) is 0 Å². The zero-order chi connectivity index (χ0) is 16.7. The van der Waals surface area contributed by atoms with Gasteiger partial charge in [-0.1, -0.05) is 30.3 Å². The van der Waals surface area contributed by atoms with Crippen molar-refractivity contribution >= 4 is 27.5 Å². The van der Waals surface area contributed by atoms with E-state index < -0.39 is 0 Å². The molecule has 0 bridgehead atoms. The third-order valence-corrected chi connectivity index (χ3v) is 5.31. The Kier molecular flexibility index (Phi) is 3.69. The number of amides is 1. The van der Waals surface area contributed by atoms with Crippen LogP contribution in [0.15, 0.2) is 41.2 Å². The van der Waals surface area contributed by atoms with Gasteiger partial charge in [-0.15, -0.1) is 11.3 Å². The molecule has 0 saturated carbocycles. The van der Waals surface area contributed by atoms with Gasteiger partial charge in [0.25, 0.3) is 5.56 Å². The second-order valence-electron chi connectivity index (χ2n) is 6.19. The van der Waals surface area contributed by atoms with Gasteiger partial charge >= 0.3 is 0 Å². The van der Waals surface area contributed by atoms with E-state index >= 15 is 0 Å². The summed E-state index contributed by atoms with van der Waals surface area (Å²) in [7, 11) is 0. The van der Waals surface area contributed by atoms with Crippen molar-refractivity contribution in [1.82, 2.24) is 14.9 Å². The predicted molar refractivity (Wildman–Crippen MR) is 94.2 cm³/mol. The van der Waals surface area contributed by atoms with Gasteiger partial charge in [-0.3, -0.25) is 9.59 Å². The van der Waals surface area contributed by atoms with Crippen molar-refractivity contribution in [2.75, 3.05) is 6.54 Å². The Morgan fingerprint density at radius 3 is 2.88 bits per heavy atom. The summed E-state index contributed by atoms with van der Waals surface area (Å²) in [5.41, 5.74) is 0.991. The third kappa shape index (κ3) is 2.73. The van der Waals surface area contributed by atoms with E-state index in [2.05, 4.69) is 9.97 Å². The number of hydrogen-bond donors (Lipinski definition) is 1. The number of likely N-dealkylation sites (tertiary alicyclic amines) is 1. The Hall–Kier alpha value is -2.47. The summed E-state index contributed by atoms with van der Waals surface area (Å²) in [5, 5.41) is 0.631. The number of hydrogen-bond acceptors (Lipinski definition) is 4. The summed E-state index contributed by atoms with van der Waals surface area (Å²) in [4.78, 5) is 35.7.